The summed E-state index contributed by atoms with van der Waals surface area (Å²) in [4.78, 5) is 4.13. The lowest BCUT2D eigenvalue weighted by atomic mass is 10.2. The number of halogens is 1. The number of oxazole rings is 1. The molecule has 1 aromatic carbocycles. The lowest BCUT2D eigenvalue weighted by Gasteiger charge is -2.02. The zero-order valence-electron chi connectivity index (χ0n) is 9.14. The maximum absolute atomic E-state index is 12.7. The SMILES string of the molecule is NCC[C@@H](O)c1coc(-c2ccc(F)cc2)n1. The van der Waals surface area contributed by atoms with Crippen molar-refractivity contribution in [1.82, 2.24) is 4.98 Å². The Kier molecular flexibility index (Phi) is 3.51. The Bertz CT molecular complexity index is 482. The van der Waals surface area contributed by atoms with Crippen LogP contribution in [-0.2, 0) is 0 Å². The number of aromatic nitrogens is 1. The number of rotatable bonds is 4. The van der Waals surface area contributed by atoms with Gasteiger partial charge < -0.3 is 15.3 Å². The Hall–Kier alpha value is -1.72. The molecule has 0 unspecified atom stereocenters. The molecule has 2 rings (SSSR count). The second kappa shape index (κ2) is 5.07. The third kappa shape index (κ3) is 2.69. The monoisotopic (exact) mass is 236 g/mol. The van der Waals surface area contributed by atoms with E-state index in [1.54, 1.807) is 12.1 Å². The summed E-state index contributed by atoms with van der Waals surface area (Å²) in [7, 11) is 0. The van der Waals surface area contributed by atoms with Gasteiger partial charge in [0.2, 0.25) is 5.89 Å². The maximum Gasteiger partial charge on any atom is 0.226 e. The first-order valence-electron chi connectivity index (χ1n) is 5.30. The standard InChI is InChI=1S/C12H13FN2O2/c13-9-3-1-8(2-4-9)12-15-10(7-17-12)11(16)5-6-14/h1-4,7,11,16H,5-6,14H2/t11-/m1/s1. The van der Waals surface area contributed by atoms with E-state index in [4.69, 9.17) is 10.2 Å². The van der Waals surface area contributed by atoms with Gasteiger partial charge in [0.25, 0.3) is 0 Å². The average molecular weight is 236 g/mol. The molecule has 0 aliphatic rings. The second-order valence-corrected chi connectivity index (χ2v) is 3.68. The van der Waals surface area contributed by atoms with Crippen molar-refractivity contribution in [2.45, 2.75) is 12.5 Å². The summed E-state index contributed by atoms with van der Waals surface area (Å²) in [5.74, 6) is 0.0415. The first-order chi connectivity index (χ1) is 8.20. The first kappa shape index (κ1) is 11.8. The molecular formula is C12H13FN2O2. The van der Waals surface area contributed by atoms with Crippen LogP contribution in [0.4, 0.5) is 4.39 Å². The van der Waals surface area contributed by atoms with Crippen molar-refractivity contribution in [2.75, 3.05) is 6.54 Å². The van der Waals surface area contributed by atoms with Crippen molar-refractivity contribution in [3.63, 3.8) is 0 Å². The van der Waals surface area contributed by atoms with Crippen molar-refractivity contribution in [1.29, 1.82) is 0 Å². The molecule has 1 atom stereocenters. The zero-order valence-corrected chi connectivity index (χ0v) is 9.14. The summed E-state index contributed by atoms with van der Waals surface area (Å²) in [5, 5.41) is 9.66. The largest absolute Gasteiger partial charge is 0.444 e. The van der Waals surface area contributed by atoms with Crippen LogP contribution < -0.4 is 5.73 Å². The lowest BCUT2D eigenvalue weighted by molar-refractivity contribution is 0.165. The minimum atomic E-state index is -0.724. The van der Waals surface area contributed by atoms with Gasteiger partial charge in [0, 0.05) is 5.56 Å². The molecule has 1 heterocycles. The smallest absolute Gasteiger partial charge is 0.226 e. The highest BCUT2D eigenvalue weighted by Gasteiger charge is 2.13. The molecule has 0 spiro atoms. The van der Waals surface area contributed by atoms with E-state index in [0.717, 1.165) is 0 Å². The van der Waals surface area contributed by atoms with Crippen LogP contribution in [0, 0.1) is 5.82 Å². The molecule has 4 nitrogen and oxygen atoms in total. The molecule has 0 saturated heterocycles. The van der Waals surface area contributed by atoms with E-state index >= 15 is 0 Å². The number of nitrogens with two attached hydrogens (primary N) is 1. The topological polar surface area (TPSA) is 72.3 Å². The Balaban J connectivity index is 2.20. The number of aliphatic hydroxyl groups excluding tert-OH is 1. The Morgan fingerprint density at radius 2 is 2.06 bits per heavy atom. The van der Waals surface area contributed by atoms with Gasteiger partial charge >= 0.3 is 0 Å². The third-order valence-corrected chi connectivity index (χ3v) is 2.39. The Labute approximate surface area is 97.9 Å². The number of hydrogen-bond donors (Lipinski definition) is 2. The van der Waals surface area contributed by atoms with E-state index in [2.05, 4.69) is 4.98 Å². The molecule has 0 aliphatic heterocycles. The molecule has 2 aromatic rings. The fourth-order valence-electron chi connectivity index (χ4n) is 1.47. The molecule has 0 bridgehead atoms. The predicted molar refractivity (Wildman–Crippen MR) is 60.5 cm³/mol. The van der Waals surface area contributed by atoms with E-state index in [1.165, 1.54) is 18.4 Å². The van der Waals surface area contributed by atoms with E-state index in [1.807, 2.05) is 0 Å². The molecule has 17 heavy (non-hydrogen) atoms. The molecular weight excluding hydrogens is 223 g/mol. The Morgan fingerprint density at radius 3 is 2.71 bits per heavy atom. The second-order valence-electron chi connectivity index (χ2n) is 3.68. The highest BCUT2D eigenvalue weighted by molar-refractivity contribution is 5.52. The number of hydrogen-bond acceptors (Lipinski definition) is 4. The van der Waals surface area contributed by atoms with E-state index in [0.29, 0.717) is 30.1 Å². The first-order valence-corrected chi connectivity index (χ1v) is 5.30. The number of aliphatic hydroxyl groups is 1. The van der Waals surface area contributed by atoms with Crippen LogP contribution in [0.3, 0.4) is 0 Å². The van der Waals surface area contributed by atoms with Crippen LogP contribution in [0.1, 0.15) is 18.2 Å². The molecule has 90 valence electrons. The summed E-state index contributed by atoms with van der Waals surface area (Å²) >= 11 is 0. The normalized spacial score (nSPS) is 12.6. The van der Waals surface area contributed by atoms with Gasteiger partial charge in [-0.25, -0.2) is 9.37 Å². The fraction of sp³-hybridized carbons (Fsp3) is 0.250. The molecule has 1 aromatic heterocycles. The van der Waals surface area contributed by atoms with Crippen molar-refractivity contribution in [3.8, 4) is 11.5 Å². The molecule has 0 fully saturated rings. The predicted octanol–water partition coefficient (Wildman–Crippen LogP) is 1.86. The van der Waals surface area contributed by atoms with Crippen LogP contribution in [0.15, 0.2) is 34.9 Å². The third-order valence-electron chi connectivity index (χ3n) is 2.39. The van der Waals surface area contributed by atoms with E-state index < -0.39 is 6.10 Å². The minimum Gasteiger partial charge on any atom is -0.444 e. The van der Waals surface area contributed by atoms with Gasteiger partial charge in [-0.3, -0.25) is 0 Å². The van der Waals surface area contributed by atoms with Gasteiger partial charge in [0.05, 0.1) is 0 Å². The number of benzene rings is 1. The van der Waals surface area contributed by atoms with Crippen LogP contribution in [-0.4, -0.2) is 16.6 Å². The van der Waals surface area contributed by atoms with Crippen LogP contribution in [0.5, 0.6) is 0 Å². The van der Waals surface area contributed by atoms with Crippen molar-refractivity contribution in [2.24, 2.45) is 5.73 Å². The molecule has 5 heteroatoms. The summed E-state index contributed by atoms with van der Waals surface area (Å²) in [6, 6.07) is 5.80. The zero-order chi connectivity index (χ0) is 12.3. The summed E-state index contributed by atoms with van der Waals surface area (Å²) < 4.78 is 18.0. The van der Waals surface area contributed by atoms with Gasteiger partial charge in [-0.05, 0) is 37.2 Å². The van der Waals surface area contributed by atoms with Crippen LogP contribution >= 0.6 is 0 Å². The Morgan fingerprint density at radius 1 is 1.35 bits per heavy atom. The maximum atomic E-state index is 12.7. The van der Waals surface area contributed by atoms with Gasteiger partial charge in [-0.15, -0.1) is 0 Å². The van der Waals surface area contributed by atoms with E-state index in [9.17, 15) is 9.50 Å². The quantitative estimate of drug-likeness (QED) is 0.849. The van der Waals surface area contributed by atoms with E-state index in [-0.39, 0.29) is 5.82 Å². The molecule has 0 radical (unpaired) electrons. The van der Waals surface area contributed by atoms with Crippen molar-refractivity contribution in [3.05, 3.63) is 42.0 Å². The van der Waals surface area contributed by atoms with Gasteiger partial charge in [0.15, 0.2) is 0 Å². The van der Waals surface area contributed by atoms with Crippen LogP contribution in [0.25, 0.3) is 11.5 Å². The lowest BCUT2D eigenvalue weighted by Crippen LogP contribution is -2.06. The van der Waals surface area contributed by atoms with Gasteiger partial charge in [-0.1, -0.05) is 0 Å². The highest BCUT2D eigenvalue weighted by atomic mass is 19.1. The van der Waals surface area contributed by atoms with Crippen LogP contribution in [0.2, 0.25) is 0 Å². The van der Waals surface area contributed by atoms with Crippen molar-refractivity contribution >= 4 is 0 Å². The summed E-state index contributed by atoms with van der Waals surface area (Å²) in [6.07, 6.45) is 1.09. The molecule has 3 N–H and O–H groups in total. The molecule has 0 saturated carbocycles. The molecule has 0 amide bonds. The molecule has 0 aliphatic carbocycles. The summed E-state index contributed by atoms with van der Waals surface area (Å²) in [5.41, 5.74) is 6.45. The summed E-state index contributed by atoms with van der Waals surface area (Å²) in [6.45, 7) is 0.375. The fourth-order valence-corrected chi connectivity index (χ4v) is 1.47. The number of nitrogens with zero attached hydrogens (tertiary/aromatic N) is 1. The average Bonchev–Trinajstić information content (AvgIpc) is 2.80. The van der Waals surface area contributed by atoms with Crippen molar-refractivity contribution < 1.29 is 13.9 Å². The minimum absolute atomic E-state index is 0.316. The van der Waals surface area contributed by atoms with Gasteiger partial charge in [-0.2, -0.15) is 0 Å². The highest BCUT2D eigenvalue weighted by Crippen LogP contribution is 2.22. The van der Waals surface area contributed by atoms with Gasteiger partial charge in [0.1, 0.15) is 23.9 Å².